The number of benzene rings is 1. The van der Waals surface area contributed by atoms with E-state index < -0.39 is 0 Å². The zero-order chi connectivity index (χ0) is 19.6. The lowest BCUT2D eigenvalue weighted by Crippen LogP contribution is -2.29. The number of nitrogens with zero attached hydrogens (tertiary/aromatic N) is 1. The van der Waals surface area contributed by atoms with E-state index in [0.717, 1.165) is 38.0 Å². The molecule has 1 aliphatic rings. The average molecular weight is 376 g/mol. The molecular weight excluding hydrogens is 342 g/mol. The molecular formula is C21H33N3O3. The summed E-state index contributed by atoms with van der Waals surface area (Å²) < 4.78 is 5.31. The molecule has 2 amide bonds. The fourth-order valence-corrected chi connectivity index (χ4v) is 3.23. The van der Waals surface area contributed by atoms with E-state index in [4.69, 9.17) is 4.74 Å². The molecule has 0 bridgehead atoms. The van der Waals surface area contributed by atoms with Crippen molar-refractivity contribution in [2.24, 2.45) is 5.92 Å². The Morgan fingerprint density at radius 2 is 1.96 bits per heavy atom. The molecule has 6 heteroatoms. The second-order valence-corrected chi connectivity index (χ2v) is 7.38. The van der Waals surface area contributed by atoms with Crippen LogP contribution in [-0.2, 0) is 9.53 Å². The van der Waals surface area contributed by atoms with Crippen molar-refractivity contribution in [1.29, 1.82) is 0 Å². The molecule has 27 heavy (non-hydrogen) atoms. The van der Waals surface area contributed by atoms with E-state index in [1.165, 1.54) is 0 Å². The fraction of sp³-hybridized carbons (Fsp3) is 0.619. The zero-order valence-corrected chi connectivity index (χ0v) is 16.8. The topological polar surface area (TPSA) is 70.7 Å². The van der Waals surface area contributed by atoms with Gasteiger partial charge in [0.25, 0.3) is 5.91 Å². The Hall–Kier alpha value is -2.08. The number of rotatable bonds is 10. The van der Waals surface area contributed by atoms with Gasteiger partial charge in [-0.2, -0.15) is 0 Å². The maximum Gasteiger partial charge on any atom is 0.253 e. The molecule has 0 atom stereocenters. The summed E-state index contributed by atoms with van der Waals surface area (Å²) in [7, 11) is 0. The van der Waals surface area contributed by atoms with Crippen LogP contribution in [0, 0.1) is 5.92 Å². The van der Waals surface area contributed by atoms with Crippen LogP contribution in [0.4, 0.5) is 11.4 Å². The van der Waals surface area contributed by atoms with Gasteiger partial charge in [0.15, 0.2) is 0 Å². The fourth-order valence-electron chi connectivity index (χ4n) is 3.23. The third-order valence-electron chi connectivity index (χ3n) is 4.52. The van der Waals surface area contributed by atoms with Crippen molar-refractivity contribution < 1.29 is 14.3 Å². The summed E-state index contributed by atoms with van der Waals surface area (Å²) in [6.07, 6.45) is 3.53. The van der Waals surface area contributed by atoms with E-state index in [0.29, 0.717) is 43.3 Å². The highest BCUT2D eigenvalue weighted by Crippen LogP contribution is 2.27. The number of hydrogen-bond donors (Lipinski definition) is 2. The van der Waals surface area contributed by atoms with Crippen molar-refractivity contribution in [2.75, 3.05) is 43.1 Å². The number of anilines is 2. The Bertz CT molecular complexity index is 625. The Morgan fingerprint density at radius 3 is 2.63 bits per heavy atom. The van der Waals surface area contributed by atoms with Gasteiger partial charge in [-0.15, -0.1) is 0 Å². The number of nitrogens with one attached hydrogen (secondary N) is 2. The third kappa shape index (κ3) is 6.86. The molecule has 150 valence electrons. The number of amides is 2. The molecule has 1 fully saturated rings. The summed E-state index contributed by atoms with van der Waals surface area (Å²) in [6.45, 7) is 9.80. The van der Waals surface area contributed by atoms with E-state index >= 15 is 0 Å². The summed E-state index contributed by atoms with van der Waals surface area (Å²) >= 11 is 0. The van der Waals surface area contributed by atoms with Crippen LogP contribution in [0.25, 0.3) is 0 Å². The second-order valence-electron chi connectivity index (χ2n) is 7.38. The van der Waals surface area contributed by atoms with Crippen LogP contribution in [-0.4, -0.2) is 44.7 Å². The molecule has 1 aromatic rings. The molecule has 0 spiro atoms. The third-order valence-corrected chi connectivity index (χ3v) is 4.52. The first-order valence-electron chi connectivity index (χ1n) is 10.1. The normalized spacial score (nSPS) is 13.9. The van der Waals surface area contributed by atoms with E-state index in [1.807, 2.05) is 32.9 Å². The van der Waals surface area contributed by atoms with E-state index in [-0.39, 0.29) is 11.8 Å². The lowest BCUT2D eigenvalue weighted by molar-refractivity contribution is -0.116. The predicted molar refractivity (Wildman–Crippen MR) is 109 cm³/mol. The first kappa shape index (κ1) is 21.2. The second kappa shape index (κ2) is 10.9. The molecule has 0 unspecified atom stereocenters. The summed E-state index contributed by atoms with van der Waals surface area (Å²) in [6, 6.07) is 5.63. The Morgan fingerprint density at radius 1 is 1.22 bits per heavy atom. The molecule has 0 aromatic heterocycles. The van der Waals surface area contributed by atoms with Crippen molar-refractivity contribution in [3.63, 3.8) is 0 Å². The predicted octanol–water partition coefficient (Wildman–Crippen LogP) is 3.43. The van der Waals surface area contributed by atoms with Crippen molar-refractivity contribution in [2.45, 2.75) is 46.5 Å². The molecule has 1 aliphatic heterocycles. The van der Waals surface area contributed by atoms with E-state index in [2.05, 4.69) is 15.5 Å². The minimum atomic E-state index is -0.103. The van der Waals surface area contributed by atoms with Crippen molar-refractivity contribution in [3.05, 3.63) is 23.8 Å². The van der Waals surface area contributed by atoms with Crippen LogP contribution < -0.4 is 15.5 Å². The highest BCUT2D eigenvalue weighted by atomic mass is 16.5. The Labute approximate surface area is 162 Å². The van der Waals surface area contributed by atoms with Crippen LogP contribution in [0.3, 0.4) is 0 Å². The lowest BCUT2D eigenvalue weighted by Gasteiger charge is -2.22. The minimum absolute atomic E-state index is 0.0259. The molecule has 6 nitrogen and oxygen atoms in total. The number of carbonyl (C=O) groups is 2. The summed E-state index contributed by atoms with van der Waals surface area (Å²) in [5, 5.41) is 5.89. The highest BCUT2D eigenvalue weighted by Gasteiger charge is 2.20. The van der Waals surface area contributed by atoms with Gasteiger partial charge in [0.1, 0.15) is 0 Å². The first-order valence-corrected chi connectivity index (χ1v) is 10.1. The molecule has 2 rings (SSSR count). The van der Waals surface area contributed by atoms with Gasteiger partial charge in [0, 0.05) is 50.6 Å². The van der Waals surface area contributed by atoms with Gasteiger partial charge in [-0.05, 0) is 50.3 Å². The summed E-state index contributed by atoms with van der Waals surface area (Å²) in [5.74, 6) is 0.164. The standard InChI is InChI=1S/C21H33N3O3/c1-4-27-13-7-10-22-21(26)18-15-17(23-20(25)14-16(2)3)8-9-19(18)24-11-5-6-12-24/h8-9,15-16H,4-7,10-14H2,1-3H3,(H,22,26)(H,23,25). The van der Waals surface area contributed by atoms with Gasteiger partial charge in [-0.25, -0.2) is 0 Å². The van der Waals surface area contributed by atoms with Crippen LogP contribution in [0.2, 0.25) is 0 Å². The van der Waals surface area contributed by atoms with Crippen LogP contribution >= 0.6 is 0 Å². The highest BCUT2D eigenvalue weighted by molar-refractivity contribution is 6.02. The molecule has 2 N–H and O–H groups in total. The molecule has 0 aliphatic carbocycles. The van der Waals surface area contributed by atoms with Gasteiger partial charge in [-0.3, -0.25) is 9.59 Å². The number of carbonyl (C=O) groups excluding carboxylic acids is 2. The van der Waals surface area contributed by atoms with Crippen LogP contribution in [0.5, 0.6) is 0 Å². The van der Waals surface area contributed by atoms with Crippen molar-refractivity contribution in [3.8, 4) is 0 Å². The zero-order valence-electron chi connectivity index (χ0n) is 16.8. The quantitative estimate of drug-likeness (QED) is 0.615. The maximum atomic E-state index is 12.8. The van der Waals surface area contributed by atoms with Gasteiger partial charge in [0.05, 0.1) is 5.56 Å². The van der Waals surface area contributed by atoms with Crippen LogP contribution in [0.15, 0.2) is 18.2 Å². The van der Waals surface area contributed by atoms with Gasteiger partial charge < -0.3 is 20.3 Å². The maximum absolute atomic E-state index is 12.8. The van der Waals surface area contributed by atoms with Crippen molar-refractivity contribution in [1.82, 2.24) is 5.32 Å². The van der Waals surface area contributed by atoms with Gasteiger partial charge >= 0.3 is 0 Å². The molecule has 0 saturated carbocycles. The van der Waals surface area contributed by atoms with Crippen molar-refractivity contribution >= 4 is 23.2 Å². The molecule has 0 radical (unpaired) electrons. The van der Waals surface area contributed by atoms with Gasteiger partial charge in [-0.1, -0.05) is 13.8 Å². The van der Waals surface area contributed by atoms with Crippen LogP contribution in [0.1, 0.15) is 56.8 Å². The SMILES string of the molecule is CCOCCCNC(=O)c1cc(NC(=O)CC(C)C)ccc1N1CCCC1. The van der Waals surface area contributed by atoms with E-state index in [1.54, 1.807) is 6.07 Å². The monoisotopic (exact) mass is 375 g/mol. The largest absolute Gasteiger partial charge is 0.382 e. The Balaban J connectivity index is 2.10. The van der Waals surface area contributed by atoms with E-state index in [9.17, 15) is 9.59 Å². The summed E-state index contributed by atoms with van der Waals surface area (Å²) in [5.41, 5.74) is 2.23. The lowest BCUT2D eigenvalue weighted by atomic mass is 10.1. The van der Waals surface area contributed by atoms with Gasteiger partial charge in [0.2, 0.25) is 5.91 Å². The Kier molecular flexibility index (Phi) is 8.58. The summed E-state index contributed by atoms with van der Waals surface area (Å²) in [4.78, 5) is 27.1. The minimum Gasteiger partial charge on any atom is -0.382 e. The smallest absolute Gasteiger partial charge is 0.253 e. The number of hydrogen-bond acceptors (Lipinski definition) is 4. The molecule has 1 aromatic carbocycles. The first-order chi connectivity index (χ1) is 13.0. The average Bonchev–Trinajstić information content (AvgIpc) is 3.15. The molecule has 1 saturated heterocycles. The molecule has 1 heterocycles. The number of ether oxygens (including phenoxy) is 1.